The number of benzene rings is 1. The number of hydrogen-bond donors (Lipinski definition) is 1. The Morgan fingerprint density at radius 3 is 2.65 bits per heavy atom. The second-order valence-electron chi connectivity index (χ2n) is 9.37. The third-order valence-electron chi connectivity index (χ3n) is 5.80. The minimum atomic E-state index is -3.25. The Morgan fingerprint density at radius 2 is 2.05 bits per heavy atom. The highest BCUT2D eigenvalue weighted by atomic mass is 32.2. The summed E-state index contributed by atoms with van der Waals surface area (Å²) < 4.78 is 25.6. The molecule has 0 bridgehead atoms. The van der Waals surface area contributed by atoms with Gasteiger partial charge in [-0.1, -0.05) is 49.1 Å². The van der Waals surface area contributed by atoms with Crippen molar-refractivity contribution in [3.63, 3.8) is 0 Å². The first-order valence-corrected chi connectivity index (χ1v) is 13.9. The van der Waals surface area contributed by atoms with Crippen LogP contribution in [0.2, 0.25) is 0 Å². The molecule has 3 rings (SSSR count). The minimum absolute atomic E-state index is 0.0809. The van der Waals surface area contributed by atoms with Crippen molar-refractivity contribution in [2.45, 2.75) is 19.4 Å². The maximum absolute atomic E-state index is 12.1. The summed E-state index contributed by atoms with van der Waals surface area (Å²) in [6.07, 6.45) is 11.2. The molecule has 1 atom stereocenters. The zero-order valence-electron chi connectivity index (χ0n) is 22.3. The van der Waals surface area contributed by atoms with Gasteiger partial charge in [-0.05, 0) is 30.5 Å². The molecule has 1 aliphatic rings. The lowest BCUT2D eigenvalue weighted by Gasteiger charge is -2.18. The van der Waals surface area contributed by atoms with E-state index in [1.807, 2.05) is 68.5 Å². The zero-order valence-corrected chi connectivity index (χ0v) is 23.1. The van der Waals surface area contributed by atoms with Gasteiger partial charge in [-0.2, -0.15) is 0 Å². The number of nitrogens with one attached hydrogen (secondary N) is 1. The molecular weight excluding hydrogens is 484 g/mol. The second kappa shape index (κ2) is 12.1. The van der Waals surface area contributed by atoms with Gasteiger partial charge in [0.05, 0.1) is 6.26 Å². The quantitative estimate of drug-likeness (QED) is 0.370. The molecule has 196 valence electrons. The summed E-state index contributed by atoms with van der Waals surface area (Å²) in [5.74, 6) is 1.18. The Labute approximate surface area is 220 Å². The lowest BCUT2D eigenvalue weighted by atomic mass is 10.0. The van der Waals surface area contributed by atoms with Crippen molar-refractivity contribution < 1.29 is 8.42 Å². The lowest BCUT2D eigenvalue weighted by Crippen LogP contribution is -2.31. The number of nitrogens with zero attached hydrogens (tertiary/aromatic N) is 5. The number of rotatable bonds is 10. The predicted molar refractivity (Wildman–Crippen MR) is 155 cm³/mol. The van der Waals surface area contributed by atoms with Crippen molar-refractivity contribution in [3.05, 3.63) is 78.7 Å². The maximum atomic E-state index is 12.1. The number of sulfonamides is 1. The van der Waals surface area contributed by atoms with Crippen LogP contribution >= 0.6 is 0 Å². The fourth-order valence-corrected chi connectivity index (χ4v) is 5.02. The predicted octanol–water partition coefficient (Wildman–Crippen LogP) is 4.34. The number of aromatic nitrogens is 2. The van der Waals surface area contributed by atoms with E-state index in [-0.39, 0.29) is 6.04 Å². The van der Waals surface area contributed by atoms with Crippen LogP contribution in [0, 0.1) is 0 Å². The van der Waals surface area contributed by atoms with Gasteiger partial charge in [0.15, 0.2) is 5.82 Å². The molecule has 37 heavy (non-hydrogen) atoms. The van der Waals surface area contributed by atoms with E-state index >= 15 is 0 Å². The Kier molecular flexibility index (Phi) is 9.18. The normalized spacial score (nSPS) is 17.3. The van der Waals surface area contributed by atoms with Crippen molar-refractivity contribution in [1.82, 2.24) is 19.2 Å². The summed E-state index contributed by atoms with van der Waals surface area (Å²) in [6.45, 7) is 10.7. The monoisotopic (exact) mass is 520 g/mol. The first kappa shape index (κ1) is 28.0. The molecule has 1 fully saturated rings. The van der Waals surface area contributed by atoms with Gasteiger partial charge in [0.2, 0.25) is 10.0 Å². The van der Waals surface area contributed by atoms with Crippen LogP contribution in [-0.4, -0.2) is 80.3 Å². The van der Waals surface area contributed by atoms with E-state index in [0.29, 0.717) is 31.2 Å². The van der Waals surface area contributed by atoms with Gasteiger partial charge in [-0.3, -0.25) is 4.99 Å². The highest BCUT2D eigenvalue weighted by Gasteiger charge is 2.29. The topological polar surface area (TPSA) is 90.8 Å². The van der Waals surface area contributed by atoms with Crippen LogP contribution < -0.4 is 5.32 Å². The Morgan fingerprint density at radius 1 is 1.30 bits per heavy atom. The summed E-state index contributed by atoms with van der Waals surface area (Å²) in [6, 6.07) is 7.92. The van der Waals surface area contributed by atoms with Crippen molar-refractivity contribution in [1.29, 1.82) is 0 Å². The molecule has 1 saturated heterocycles. The van der Waals surface area contributed by atoms with Gasteiger partial charge in [0.25, 0.3) is 0 Å². The van der Waals surface area contributed by atoms with Gasteiger partial charge in [-0.15, -0.1) is 0 Å². The number of anilines is 1. The van der Waals surface area contributed by atoms with E-state index in [4.69, 9.17) is 9.97 Å². The Hall–Kier alpha value is -3.56. The molecule has 0 spiro atoms. The summed E-state index contributed by atoms with van der Waals surface area (Å²) in [4.78, 5) is 15.8. The van der Waals surface area contributed by atoms with Crippen molar-refractivity contribution in [3.8, 4) is 11.4 Å². The van der Waals surface area contributed by atoms with E-state index in [2.05, 4.69) is 23.5 Å². The highest BCUT2D eigenvalue weighted by Crippen LogP contribution is 2.29. The van der Waals surface area contributed by atoms with E-state index < -0.39 is 10.0 Å². The van der Waals surface area contributed by atoms with Crippen LogP contribution in [0.4, 0.5) is 5.82 Å². The van der Waals surface area contributed by atoms with Crippen LogP contribution in [0.5, 0.6) is 0 Å². The van der Waals surface area contributed by atoms with Crippen LogP contribution in [0.25, 0.3) is 22.5 Å². The molecule has 2 aromatic rings. The van der Waals surface area contributed by atoms with Gasteiger partial charge in [0.1, 0.15) is 5.82 Å². The highest BCUT2D eigenvalue weighted by molar-refractivity contribution is 7.88. The van der Waals surface area contributed by atoms with E-state index in [1.165, 1.54) is 10.6 Å². The fourth-order valence-electron chi connectivity index (χ4n) is 4.13. The molecule has 1 aromatic carbocycles. The lowest BCUT2D eigenvalue weighted by molar-refractivity contribution is 0.480. The van der Waals surface area contributed by atoms with Crippen LogP contribution in [-0.2, 0) is 10.0 Å². The Bertz CT molecular complexity index is 1360. The zero-order chi connectivity index (χ0) is 27.2. The van der Waals surface area contributed by atoms with Crippen LogP contribution in [0.1, 0.15) is 24.5 Å². The molecule has 0 radical (unpaired) electrons. The molecule has 0 aliphatic carbocycles. The van der Waals surface area contributed by atoms with Gasteiger partial charge >= 0.3 is 0 Å². The largest absolute Gasteiger partial charge is 0.383 e. The number of aliphatic imine (C=N–C) groups is 1. The average molecular weight is 521 g/mol. The molecule has 1 aromatic heterocycles. The summed E-state index contributed by atoms with van der Waals surface area (Å²) in [5.41, 5.74) is 5.30. The maximum Gasteiger partial charge on any atom is 0.211 e. The minimum Gasteiger partial charge on any atom is -0.383 e. The first-order chi connectivity index (χ1) is 17.5. The molecule has 0 unspecified atom stereocenters. The van der Waals surface area contributed by atoms with Crippen molar-refractivity contribution in [2.75, 3.05) is 45.8 Å². The molecular formula is C28H36N6O2S. The molecule has 9 heteroatoms. The Balaban J connectivity index is 2.08. The smallest absolute Gasteiger partial charge is 0.211 e. The second-order valence-corrected chi connectivity index (χ2v) is 11.4. The molecule has 0 amide bonds. The molecule has 8 nitrogen and oxygen atoms in total. The van der Waals surface area contributed by atoms with E-state index in [0.717, 1.165) is 33.4 Å². The third kappa shape index (κ3) is 7.47. The van der Waals surface area contributed by atoms with Crippen molar-refractivity contribution >= 4 is 33.2 Å². The molecule has 0 saturated carbocycles. The van der Waals surface area contributed by atoms with Crippen LogP contribution in [0.15, 0.2) is 72.5 Å². The number of hydrogen-bond acceptors (Lipinski definition) is 7. The molecule has 2 heterocycles. The standard InChI is InChI=1S/C28H36N6O2S/c1-8-21(18-33(5)6)22-10-9-11-23(15-22)27-30-17-26(24(16-29-4)14-20(2)3)28(32-27)31-25-12-13-34(19-25)37(7,35)36/h8-11,14-18,25H,1-2,12-13,19H2,3-7H3,(H,30,31,32)/b21-18+,24-14+,29-16?/t25-/m0/s1. The van der Waals surface area contributed by atoms with Gasteiger partial charge in [0, 0.05) is 75.6 Å². The summed E-state index contributed by atoms with van der Waals surface area (Å²) in [5, 5.41) is 3.48. The molecule has 1 N–H and O–H groups in total. The van der Waals surface area contributed by atoms with Crippen LogP contribution in [0.3, 0.4) is 0 Å². The average Bonchev–Trinajstić information content (AvgIpc) is 3.31. The number of allylic oxidation sites excluding steroid dienone is 5. The van der Waals surface area contributed by atoms with E-state index in [1.54, 1.807) is 19.5 Å². The first-order valence-electron chi connectivity index (χ1n) is 12.0. The SMILES string of the molecule is C=C/C(=C\N(C)C)c1cccc(-c2ncc(/C(C=NC)=C/C(=C)C)c(N[C@H]3CCN(S(C)(=O)=O)C3)n2)c1. The summed E-state index contributed by atoms with van der Waals surface area (Å²) >= 11 is 0. The summed E-state index contributed by atoms with van der Waals surface area (Å²) in [7, 11) is 2.39. The van der Waals surface area contributed by atoms with Gasteiger partial charge < -0.3 is 10.2 Å². The van der Waals surface area contributed by atoms with Crippen molar-refractivity contribution in [2.24, 2.45) is 4.99 Å². The van der Waals surface area contributed by atoms with Gasteiger partial charge in [-0.25, -0.2) is 22.7 Å². The molecule has 1 aliphatic heterocycles. The third-order valence-corrected chi connectivity index (χ3v) is 7.07. The van der Waals surface area contributed by atoms with E-state index in [9.17, 15) is 8.42 Å². The fraction of sp³-hybridized carbons (Fsp3) is 0.321.